The first kappa shape index (κ1) is 19.9. The Bertz CT molecular complexity index is 974. The smallest absolute Gasteiger partial charge is 0.255 e. The minimum atomic E-state index is -0.198. The number of amides is 2. The average molecular weight is 389 g/mol. The van der Waals surface area contributed by atoms with E-state index in [0.717, 1.165) is 5.69 Å². The predicted molar refractivity (Wildman–Crippen MR) is 116 cm³/mol. The Labute approximate surface area is 169 Å². The maximum Gasteiger partial charge on any atom is 0.255 e. The van der Waals surface area contributed by atoms with Gasteiger partial charge in [0, 0.05) is 16.9 Å². The Morgan fingerprint density at radius 2 is 1.55 bits per heavy atom. The van der Waals surface area contributed by atoms with Gasteiger partial charge < -0.3 is 20.7 Å². The second-order valence-electron chi connectivity index (χ2n) is 6.23. The van der Waals surface area contributed by atoms with Crippen molar-refractivity contribution in [1.29, 1.82) is 0 Å². The molecule has 0 fully saturated rings. The maximum atomic E-state index is 12.3. The van der Waals surface area contributed by atoms with E-state index in [9.17, 15) is 9.59 Å². The third-order valence-electron chi connectivity index (χ3n) is 4.07. The molecule has 3 N–H and O–H groups in total. The molecular formula is C23H23N3O3. The van der Waals surface area contributed by atoms with Crippen molar-refractivity contribution in [2.45, 2.75) is 6.92 Å². The standard InChI is InChI=1S/C23H23N3O3/c1-2-29-21-14-7-6-13-20(21)26-22(27)16-24-18-11-8-12-19(15-18)25-23(28)17-9-4-3-5-10-17/h3-15,24H,2,16H2,1H3,(H,25,28)(H,26,27). The molecule has 0 aliphatic heterocycles. The number of ether oxygens (including phenoxy) is 1. The third-order valence-corrected chi connectivity index (χ3v) is 4.07. The number of hydrogen-bond donors (Lipinski definition) is 3. The molecule has 0 unspecified atom stereocenters. The van der Waals surface area contributed by atoms with E-state index in [1.165, 1.54) is 0 Å². The van der Waals surface area contributed by atoms with Crippen LogP contribution in [0.3, 0.4) is 0 Å². The molecular weight excluding hydrogens is 366 g/mol. The number of anilines is 3. The topological polar surface area (TPSA) is 79.5 Å². The summed E-state index contributed by atoms with van der Waals surface area (Å²) in [5.41, 5.74) is 2.58. The van der Waals surface area contributed by atoms with Crippen LogP contribution in [0.5, 0.6) is 5.75 Å². The molecule has 6 nitrogen and oxygen atoms in total. The van der Waals surface area contributed by atoms with Gasteiger partial charge >= 0.3 is 0 Å². The monoisotopic (exact) mass is 389 g/mol. The van der Waals surface area contributed by atoms with E-state index in [1.54, 1.807) is 30.3 Å². The van der Waals surface area contributed by atoms with Crippen molar-refractivity contribution in [1.82, 2.24) is 0 Å². The van der Waals surface area contributed by atoms with Crippen LogP contribution in [0.4, 0.5) is 17.1 Å². The lowest BCUT2D eigenvalue weighted by molar-refractivity contribution is -0.114. The van der Waals surface area contributed by atoms with Gasteiger partial charge in [-0.05, 0) is 49.4 Å². The van der Waals surface area contributed by atoms with Crippen LogP contribution in [0.25, 0.3) is 0 Å². The van der Waals surface area contributed by atoms with Gasteiger partial charge in [0.25, 0.3) is 5.91 Å². The molecule has 3 aromatic carbocycles. The molecule has 29 heavy (non-hydrogen) atoms. The van der Waals surface area contributed by atoms with Crippen molar-refractivity contribution in [2.75, 3.05) is 29.1 Å². The van der Waals surface area contributed by atoms with Gasteiger partial charge in [-0.25, -0.2) is 0 Å². The Hall–Kier alpha value is -3.80. The fraction of sp³-hybridized carbons (Fsp3) is 0.130. The van der Waals surface area contributed by atoms with E-state index in [4.69, 9.17) is 4.74 Å². The van der Waals surface area contributed by atoms with Gasteiger partial charge in [0.15, 0.2) is 0 Å². The summed E-state index contributed by atoms with van der Waals surface area (Å²) in [6.45, 7) is 2.49. The highest BCUT2D eigenvalue weighted by molar-refractivity contribution is 6.04. The molecule has 0 saturated heterocycles. The molecule has 0 atom stereocenters. The van der Waals surface area contributed by atoms with Gasteiger partial charge in [0.1, 0.15) is 5.75 Å². The van der Waals surface area contributed by atoms with E-state index in [2.05, 4.69) is 16.0 Å². The maximum absolute atomic E-state index is 12.3. The molecule has 148 valence electrons. The molecule has 0 aliphatic carbocycles. The van der Waals surface area contributed by atoms with E-state index in [0.29, 0.717) is 29.3 Å². The fourth-order valence-corrected chi connectivity index (χ4v) is 2.73. The van der Waals surface area contributed by atoms with Crippen molar-refractivity contribution >= 4 is 28.9 Å². The summed E-state index contributed by atoms with van der Waals surface area (Å²) in [6, 6.07) is 23.5. The van der Waals surface area contributed by atoms with Gasteiger partial charge in [-0.3, -0.25) is 9.59 Å². The van der Waals surface area contributed by atoms with Gasteiger partial charge in [0.05, 0.1) is 18.8 Å². The summed E-state index contributed by atoms with van der Waals surface area (Å²) in [4.78, 5) is 24.6. The van der Waals surface area contributed by atoms with E-state index < -0.39 is 0 Å². The number of hydrogen-bond acceptors (Lipinski definition) is 4. The molecule has 6 heteroatoms. The zero-order valence-electron chi connectivity index (χ0n) is 16.1. The van der Waals surface area contributed by atoms with E-state index in [1.807, 2.05) is 55.5 Å². The van der Waals surface area contributed by atoms with Crippen molar-refractivity contribution in [2.24, 2.45) is 0 Å². The van der Waals surface area contributed by atoms with Crippen LogP contribution in [-0.2, 0) is 4.79 Å². The first-order valence-electron chi connectivity index (χ1n) is 9.37. The first-order valence-corrected chi connectivity index (χ1v) is 9.37. The fourth-order valence-electron chi connectivity index (χ4n) is 2.73. The number of para-hydroxylation sites is 2. The minimum absolute atomic E-state index is 0.0799. The summed E-state index contributed by atoms with van der Waals surface area (Å²) in [5.74, 6) is 0.248. The van der Waals surface area contributed by atoms with Crippen molar-refractivity contribution < 1.29 is 14.3 Å². The summed E-state index contributed by atoms with van der Waals surface area (Å²) in [7, 11) is 0. The summed E-state index contributed by atoms with van der Waals surface area (Å²) >= 11 is 0. The Kier molecular flexibility index (Phi) is 6.84. The lowest BCUT2D eigenvalue weighted by atomic mass is 10.2. The molecule has 0 bridgehead atoms. The molecule has 0 saturated carbocycles. The normalized spacial score (nSPS) is 10.1. The quantitative estimate of drug-likeness (QED) is 0.534. The molecule has 2 amide bonds. The Morgan fingerprint density at radius 1 is 0.828 bits per heavy atom. The second kappa shape index (κ2) is 9.94. The van der Waals surface area contributed by atoms with Crippen LogP contribution in [0.2, 0.25) is 0 Å². The molecule has 0 aromatic heterocycles. The SMILES string of the molecule is CCOc1ccccc1NC(=O)CNc1cccc(NC(=O)c2ccccc2)c1. The van der Waals surface area contributed by atoms with Crippen LogP contribution in [-0.4, -0.2) is 25.0 Å². The molecule has 0 spiro atoms. The number of carbonyl (C=O) groups is 2. The van der Waals surface area contributed by atoms with Gasteiger partial charge in [-0.1, -0.05) is 36.4 Å². The van der Waals surface area contributed by atoms with Crippen LogP contribution in [0.1, 0.15) is 17.3 Å². The van der Waals surface area contributed by atoms with Gasteiger partial charge in [-0.15, -0.1) is 0 Å². The number of rotatable bonds is 8. The third kappa shape index (κ3) is 5.84. The second-order valence-corrected chi connectivity index (χ2v) is 6.23. The summed E-state index contributed by atoms with van der Waals surface area (Å²) in [5, 5.41) is 8.75. The minimum Gasteiger partial charge on any atom is -0.492 e. The Morgan fingerprint density at radius 3 is 2.34 bits per heavy atom. The first-order chi connectivity index (χ1) is 14.2. The predicted octanol–water partition coefficient (Wildman–Crippen LogP) is 4.39. The van der Waals surface area contributed by atoms with E-state index in [-0.39, 0.29) is 18.4 Å². The highest BCUT2D eigenvalue weighted by Crippen LogP contribution is 2.23. The summed E-state index contributed by atoms with van der Waals surface area (Å²) < 4.78 is 5.51. The zero-order chi connectivity index (χ0) is 20.5. The molecule has 0 heterocycles. The zero-order valence-corrected chi connectivity index (χ0v) is 16.1. The highest BCUT2D eigenvalue weighted by Gasteiger charge is 2.08. The van der Waals surface area contributed by atoms with E-state index >= 15 is 0 Å². The number of nitrogens with one attached hydrogen (secondary N) is 3. The number of carbonyl (C=O) groups excluding carboxylic acids is 2. The van der Waals surface area contributed by atoms with Crippen LogP contribution < -0.4 is 20.7 Å². The molecule has 0 aliphatic rings. The molecule has 3 aromatic rings. The molecule has 0 radical (unpaired) electrons. The van der Waals surface area contributed by atoms with Crippen molar-refractivity contribution in [3.8, 4) is 5.75 Å². The number of benzene rings is 3. The van der Waals surface area contributed by atoms with Crippen molar-refractivity contribution in [3.05, 3.63) is 84.4 Å². The van der Waals surface area contributed by atoms with Crippen LogP contribution in [0, 0.1) is 0 Å². The van der Waals surface area contributed by atoms with Gasteiger partial charge in [0.2, 0.25) is 5.91 Å². The Balaban J connectivity index is 1.56. The lowest BCUT2D eigenvalue weighted by Gasteiger charge is -2.12. The average Bonchev–Trinajstić information content (AvgIpc) is 2.75. The van der Waals surface area contributed by atoms with Crippen LogP contribution in [0.15, 0.2) is 78.9 Å². The van der Waals surface area contributed by atoms with Crippen LogP contribution >= 0.6 is 0 Å². The summed E-state index contributed by atoms with van der Waals surface area (Å²) in [6.07, 6.45) is 0. The highest BCUT2D eigenvalue weighted by atomic mass is 16.5. The molecule has 3 rings (SSSR count). The largest absolute Gasteiger partial charge is 0.492 e. The van der Waals surface area contributed by atoms with Gasteiger partial charge in [-0.2, -0.15) is 0 Å². The lowest BCUT2D eigenvalue weighted by Crippen LogP contribution is -2.22. The van der Waals surface area contributed by atoms with Crippen molar-refractivity contribution in [3.63, 3.8) is 0 Å².